The number of benzene rings is 1. The molecule has 0 aromatic heterocycles. The molecule has 122 valence electrons. The van der Waals surface area contributed by atoms with Gasteiger partial charge in [0.25, 0.3) is 0 Å². The molecule has 1 atom stereocenters. The van der Waals surface area contributed by atoms with Crippen LogP contribution in [-0.2, 0) is 0 Å². The summed E-state index contributed by atoms with van der Waals surface area (Å²) < 4.78 is 0. The molecule has 1 aromatic carbocycles. The summed E-state index contributed by atoms with van der Waals surface area (Å²) in [5.74, 6) is 2.12. The Labute approximate surface area is 138 Å². The number of rotatable bonds is 6. The second kappa shape index (κ2) is 9.62. The van der Waals surface area contributed by atoms with Crippen molar-refractivity contribution < 1.29 is 0 Å². The van der Waals surface area contributed by atoms with E-state index >= 15 is 0 Å². The molecule has 0 bridgehead atoms. The Bertz CT molecular complexity index is 449. The van der Waals surface area contributed by atoms with Gasteiger partial charge in [-0.15, -0.1) is 0 Å². The Balaban J connectivity index is 1.81. The van der Waals surface area contributed by atoms with E-state index in [1.54, 1.807) is 0 Å². The highest BCUT2D eigenvalue weighted by atomic mass is 32.2. The molecule has 0 aliphatic carbocycles. The van der Waals surface area contributed by atoms with Gasteiger partial charge in [0.2, 0.25) is 0 Å². The first-order chi connectivity index (χ1) is 10.8. The number of aliphatic imine (C=N–C) groups is 1. The molecule has 1 saturated heterocycles. The molecular weight excluding hydrogens is 292 g/mol. The topological polar surface area (TPSA) is 39.7 Å². The van der Waals surface area contributed by atoms with Crippen molar-refractivity contribution in [2.45, 2.75) is 25.3 Å². The van der Waals surface area contributed by atoms with Gasteiger partial charge in [0.05, 0.1) is 0 Å². The van der Waals surface area contributed by atoms with Crippen LogP contribution in [-0.4, -0.2) is 50.7 Å². The van der Waals surface area contributed by atoms with Crippen LogP contribution in [0.1, 0.15) is 19.3 Å². The second-order valence-electron chi connectivity index (χ2n) is 5.61. The largest absolute Gasteiger partial charge is 0.369 e. The van der Waals surface area contributed by atoms with Gasteiger partial charge >= 0.3 is 0 Å². The number of hydrogen-bond donors (Lipinski definition) is 2. The van der Waals surface area contributed by atoms with E-state index in [1.807, 2.05) is 18.8 Å². The third kappa shape index (κ3) is 5.44. The number of anilines is 1. The lowest BCUT2D eigenvalue weighted by molar-refractivity contribution is 0.468. The van der Waals surface area contributed by atoms with Crippen molar-refractivity contribution in [3.8, 4) is 0 Å². The zero-order chi connectivity index (χ0) is 15.6. The highest BCUT2D eigenvalue weighted by molar-refractivity contribution is 7.98. The van der Waals surface area contributed by atoms with E-state index < -0.39 is 0 Å². The van der Waals surface area contributed by atoms with Crippen molar-refractivity contribution in [1.82, 2.24) is 10.6 Å². The number of piperidine rings is 1. The van der Waals surface area contributed by atoms with Crippen LogP contribution >= 0.6 is 11.8 Å². The molecule has 1 aliphatic rings. The first-order valence-corrected chi connectivity index (χ1v) is 9.49. The molecule has 22 heavy (non-hydrogen) atoms. The molecule has 1 fully saturated rings. The third-order valence-corrected chi connectivity index (χ3v) is 4.62. The van der Waals surface area contributed by atoms with E-state index in [-0.39, 0.29) is 0 Å². The lowest BCUT2D eigenvalue weighted by atomic mass is 10.1. The monoisotopic (exact) mass is 320 g/mol. The summed E-state index contributed by atoms with van der Waals surface area (Å²) in [7, 11) is 1.85. The quantitative estimate of drug-likeness (QED) is 0.480. The summed E-state index contributed by atoms with van der Waals surface area (Å²) in [5, 5.41) is 6.99. The molecular formula is C17H28N4S. The predicted octanol–water partition coefficient (Wildman–Crippen LogP) is 2.57. The summed E-state index contributed by atoms with van der Waals surface area (Å²) in [6.07, 6.45) is 5.74. The van der Waals surface area contributed by atoms with Gasteiger partial charge in [-0.1, -0.05) is 18.2 Å². The number of hydrogen-bond acceptors (Lipinski definition) is 3. The average molecular weight is 321 g/mol. The molecule has 1 aromatic rings. The third-order valence-electron chi connectivity index (χ3n) is 3.92. The minimum atomic E-state index is 0.459. The maximum Gasteiger partial charge on any atom is 0.191 e. The van der Waals surface area contributed by atoms with Crippen LogP contribution < -0.4 is 15.5 Å². The summed E-state index contributed by atoms with van der Waals surface area (Å²) in [5.41, 5.74) is 1.32. The van der Waals surface area contributed by atoms with Crippen LogP contribution in [0.5, 0.6) is 0 Å². The predicted molar refractivity (Wildman–Crippen MR) is 99.2 cm³/mol. The van der Waals surface area contributed by atoms with Crippen molar-refractivity contribution >= 4 is 23.4 Å². The maximum atomic E-state index is 4.35. The van der Waals surface area contributed by atoms with E-state index in [0.717, 1.165) is 25.6 Å². The molecule has 2 rings (SSSR count). The summed E-state index contributed by atoms with van der Waals surface area (Å²) >= 11 is 1.89. The fourth-order valence-corrected chi connectivity index (χ4v) is 3.21. The molecule has 1 unspecified atom stereocenters. The minimum absolute atomic E-state index is 0.459. The van der Waals surface area contributed by atoms with Crippen molar-refractivity contribution in [3.63, 3.8) is 0 Å². The highest BCUT2D eigenvalue weighted by Gasteiger charge is 2.20. The van der Waals surface area contributed by atoms with Gasteiger partial charge in [0.1, 0.15) is 0 Å². The summed E-state index contributed by atoms with van der Waals surface area (Å²) in [4.78, 5) is 6.81. The first-order valence-electron chi connectivity index (χ1n) is 8.09. The van der Waals surface area contributed by atoms with E-state index in [2.05, 4.69) is 57.1 Å². The van der Waals surface area contributed by atoms with E-state index in [0.29, 0.717) is 6.04 Å². The SMILES string of the molecule is CN=C(NCCCSC)NC1CCCN(c2ccccc2)C1. The second-order valence-corrected chi connectivity index (χ2v) is 6.60. The molecule has 1 heterocycles. The Hall–Kier alpha value is -1.36. The zero-order valence-electron chi connectivity index (χ0n) is 13.7. The number of guanidine groups is 1. The first kappa shape index (κ1) is 17.0. The Morgan fingerprint density at radius 1 is 1.36 bits per heavy atom. The summed E-state index contributed by atoms with van der Waals surface area (Å²) in [6, 6.07) is 11.1. The van der Waals surface area contributed by atoms with Crippen molar-refractivity contribution in [1.29, 1.82) is 0 Å². The fourth-order valence-electron chi connectivity index (χ4n) is 2.78. The number of nitrogens with one attached hydrogen (secondary N) is 2. The van der Waals surface area contributed by atoms with Crippen LogP contribution in [0.2, 0.25) is 0 Å². The lowest BCUT2D eigenvalue weighted by Crippen LogP contribution is -2.51. The van der Waals surface area contributed by atoms with Gasteiger partial charge in [0.15, 0.2) is 5.96 Å². The number of para-hydroxylation sites is 1. The highest BCUT2D eigenvalue weighted by Crippen LogP contribution is 2.19. The Kier molecular flexibility index (Phi) is 7.43. The Morgan fingerprint density at radius 3 is 2.91 bits per heavy atom. The average Bonchev–Trinajstić information content (AvgIpc) is 2.58. The molecule has 5 heteroatoms. The van der Waals surface area contributed by atoms with Crippen LogP contribution in [0.25, 0.3) is 0 Å². The number of thioether (sulfide) groups is 1. The van der Waals surface area contributed by atoms with E-state index in [4.69, 9.17) is 0 Å². The van der Waals surface area contributed by atoms with Gasteiger partial charge in [-0.05, 0) is 43.4 Å². The number of nitrogens with zero attached hydrogens (tertiary/aromatic N) is 2. The summed E-state index contributed by atoms with van der Waals surface area (Å²) in [6.45, 7) is 3.16. The molecule has 0 amide bonds. The van der Waals surface area contributed by atoms with Gasteiger partial charge < -0.3 is 15.5 Å². The van der Waals surface area contributed by atoms with E-state index in [9.17, 15) is 0 Å². The normalized spacial score (nSPS) is 19.1. The zero-order valence-corrected chi connectivity index (χ0v) is 14.5. The fraction of sp³-hybridized carbons (Fsp3) is 0.588. The van der Waals surface area contributed by atoms with Crippen molar-refractivity contribution in [2.75, 3.05) is 43.6 Å². The van der Waals surface area contributed by atoms with Gasteiger partial charge in [-0.3, -0.25) is 4.99 Å². The van der Waals surface area contributed by atoms with Crippen molar-refractivity contribution in [3.05, 3.63) is 30.3 Å². The standard InChI is InChI=1S/C17H28N4S/c1-18-17(19-11-7-13-22-2)20-15-8-6-12-21(14-15)16-9-4-3-5-10-16/h3-5,9-10,15H,6-8,11-14H2,1-2H3,(H2,18,19,20). The molecule has 0 saturated carbocycles. The molecule has 4 nitrogen and oxygen atoms in total. The maximum absolute atomic E-state index is 4.35. The molecule has 1 aliphatic heterocycles. The van der Waals surface area contributed by atoms with Crippen molar-refractivity contribution in [2.24, 2.45) is 4.99 Å². The van der Waals surface area contributed by atoms with Gasteiger partial charge in [0, 0.05) is 38.4 Å². The van der Waals surface area contributed by atoms with Gasteiger partial charge in [-0.2, -0.15) is 11.8 Å². The Morgan fingerprint density at radius 2 is 2.18 bits per heavy atom. The van der Waals surface area contributed by atoms with Crippen LogP contribution in [0.15, 0.2) is 35.3 Å². The minimum Gasteiger partial charge on any atom is -0.369 e. The smallest absolute Gasteiger partial charge is 0.191 e. The van der Waals surface area contributed by atoms with Gasteiger partial charge in [-0.25, -0.2) is 0 Å². The lowest BCUT2D eigenvalue weighted by Gasteiger charge is -2.35. The molecule has 0 spiro atoms. The van der Waals surface area contributed by atoms with Crippen LogP contribution in [0.3, 0.4) is 0 Å². The van der Waals surface area contributed by atoms with Crippen LogP contribution in [0, 0.1) is 0 Å². The molecule has 0 radical (unpaired) electrons. The van der Waals surface area contributed by atoms with E-state index in [1.165, 1.54) is 30.7 Å². The van der Waals surface area contributed by atoms with Crippen LogP contribution in [0.4, 0.5) is 5.69 Å². The molecule has 2 N–H and O–H groups in total.